The monoisotopic (exact) mass is 454 g/mol. The van der Waals surface area contributed by atoms with Crippen LogP contribution in [0.1, 0.15) is 24.8 Å². The number of aliphatic hydroxyl groups is 1. The Balaban J connectivity index is 1.76. The van der Waals surface area contributed by atoms with E-state index in [-0.39, 0.29) is 6.03 Å². The molecule has 2 aliphatic rings. The van der Waals surface area contributed by atoms with Crippen LogP contribution >= 0.6 is 11.6 Å². The number of anilines is 2. The van der Waals surface area contributed by atoms with E-state index in [2.05, 4.69) is 9.69 Å². The van der Waals surface area contributed by atoms with Crippen LogP contribution in [0.5, 0.6) is 0 Å². The molecule has 162 valence electrons. The van der Waals surface area contributed by atoms with Gasteiger partial charge in [0.1, 0.15) is 5.54 Å². The molecule has 1 saturated carbocycles. The fourth-order valence-corrected chi connectivity index (χ4v) is 5.11. The molecule has 1 atom stereocenters. The van der Waals surface area contributed by atoms with Gasteiger partial charge in [0.2, 0.25) is 0 Å². The number of hydrogen-bond acceptors (Lipinski definition) is 2. The van der Waals surface area contributed by atoms with Crippen LogP contribution in [0.3, 0.4) is 0 Å². The van der Waals surface area contributed by atoms with Gasteiger partial charge in [-0.1, -0.05) is 41.9 Å². The van der Waals surface area contributed by atoms with E-state index in [1.54, 1.807) is 77.7 Å². The lowest BCUT2D eigenvalue weighted by Gasteiger charge is -2.52. The van der Waals surface area contributed by atoms with Gasteiger partial charge in [-0.15, -0.1) is 0 Å². The smallest absolute Gasteiger partial charge is 0.332 e. The highest BCUT2D eigenvalue weighted by Crippen LogP contribution is 2.59. The molecule has 3 aromatic rings. The Morgan fingerprint density at radius 2 is 1.45 bits per heavy atom. The van der Waals surface area contributed by atoms with Gasteiger partial charge in [-0.2, -0.15) is 0 Å². The van der Waals surface area contributed by atoms with Crippen molar-refractivity contribution in [3.8, 4) is 0 Å². The molecule has 33 heavy (non-hydrogen) atoms. The zero-order valence-electron chi connectivity index (χ0n) is 17.6. The second kappa shape index (κ2) is 7.64. The van der Waals surface area contributed by atoms with Crippen molar-refractivity contribution in [3.63, 3.8) is 0 Å². The van der Waals surface area contributed by atoms with Crippen LogP contribution in [0.25, 0.3) is 9.69 Å². The summed E-state index contributed by atoms with van der Waals surface area (Å²) in [5.74, 6) is 0. The molecule has 6 nitrogen and oxygen atoms in total. The lowest BCUT2D eigenvalue weighted by molar-refractivity contribution is -0.0524. The minimum atomic E-state index is -1.72. The Morgan fingerprint density at radius 1 is 0.848 bits per heavy atom. The molecule has 2 fully saturated rings. The van der Waals surface area contributed by atoms with Gasteiger partial charge in [0.25, 0.3) is 0 Å². The topological polar surface area (TPSA) is 52.5 Å². The van der Waals surface area contributed by atoms with Crippen molar-refractivity contribution < 1.29 is 9.90 Å². The highest BCUT2D eigenvalue weighted by atomic mass is 35.5. The van der Waals surface area contributed by atoms with Gasteiger partial charge in [0.15, 0.2) is 17.1 Å². The molecule has 3 aromatic carbocycles. The fraction of sp³-hybridized carbons (Fsp3) is 0.192. The maximum Gasteiger partial charge on any atom is 0.332 e. The quantitative estimate of drug-likeness (QED) is 0.450. The average molecular weight is 455 g/mol. The van der Waals surface area contributed by atoms with Crippen molar-refractivity contribution in [1.29, 1.82) is 0 Å². The van der Waals surface area contributed by atoms with Gasteiger partial charge in [0.05, 0.1) is 13.1 Å². The van der Waals surface area contributed by atoms with Crippen LogP contribution < -0.4 is 9.80 Å². The normalized spacial score (nSPS) is 20.9. The highest BCUT2D eigenvalue weighted by molar-refractivity contribution is 6.30. The third kappa shape index (κ3) is 2.93. The van der Waals surface area contributed by atoms with Crippen LogP contribution in [-0.4, -0.2) is 16.7 Å². The van der Waals surface area contributed by atoms with Crippen molar-refractivity contribution in [3.05, 3.63) is 106 Å². The minimum absolute atomic E-state index is 0.372. The van der Waals surface area contributed by atoms with Gasteiger partial charge >= 0.3 is 6.03 Å². The number of nitrogens with zero attached hydrogens (tertiary/aromatic N) is 4. The van der Waals surface area contributed by atoms with Crippen molar-refractivity contribution >= 4 is 40.4 Å². The average Bonchev–Trinajstić information content (AvgIpc) is 3.04. The second-order valence-corrected chi connectivity index (χ2v) is 8.71. The first kappa shape index (κ1) is 21.0. The molecule has 5 rings (SSSR count). The summed E-state index contributed by atoms with van der Waals surface area (Å²) in [6, 6.07) is 20.0. The Labute approximate surface area is 196 Å². The lowest BCUT2D eigenvalue weighted by atomic mass is 9.66. The number of urea groups is 1. The molecule has 1 aliphatic heterocycles. The van der Waals surface area contributed by atoms with E-state index in [1.807, 2.05) is 0 Å². The molecule has 1 aliphatic carbocycles. The third-order valence-electron chi connectivity index (χ3n) is 6.66. The summed E-state index contributed by atoms with van der Waals surface area (Å²) in [6.45, 7) is 14.7. The summed E-state index contributed by atoms with van der Waals surface area (Å²) in [5.41, 5.74) is -0.211. The first-order chi connectivity index (χ1) is 15.9. The summed E-state index contributed by atoms with van der Waals surface area (Å²) < 4.78 is 0. The Kier molecular flexibility index (Phi) is 4.87. The standard InChI is InChI=1S/C26H19ClN4O2/c1-28-20-9-13-23(14-10-20)31-24(32)30(22-11-7-19(27)8-12-22)25(15-4-16-25)26(31,33)18-5-3-6-21(17-18)29-2/h3,5-14,17,33H,4,15-16H2. The van der Waals surface area contributed by atoms with E-state index >= 15 is 0 Å². The maximum atomic E-state index is 14.0. The molecular weight excluding hydrogens is 436 g/mol. The predicted octanol–water partition coefficient (Wildman–Crippen LogP) is 6.66. The van der Waals surface area contributed by atoms with Crippen LogP contribution in [0.15, 0.2) is 72.8 Å². The van der Waals surface area contributed by atoms with Gasteiger partial charge in [0, 0.05) is 16.4 Å². The second-order valence-electron chi connectivity index (χ2n) is 8.28. The zero-order valence-corrected chi connectivity index (χ0v) is 18.3. The third-order valence-corrected chi connectivity index (χ3v) is 6.92. The summed E-state index contributed by atoms with van der Waals surface area (Å²) in [7, 11) is 0. The molecule has 1 saturated heterocycles. The Hall–Kier alpha value is -3.84. The molecule has 1 spiro atoms. The number of carbonyl (C=O) groups is 1. The Morgan fingerprint density at radius 3 is 2.03 bits per heavy atom. The zero-order chi connectivity index (χ0) is 23.2. The molecule has 0 bridgehead atoms. The van der Waals surface area contributed by atoms with E-state index in [1.165, 1.54) is 4.90 Å². The van der Waals surface area contributed by atoms with Gasteiger partial charge in [-0.25, -0.2) is 14.5 Å². The number of hydrogen-bond donors (Lipinski definition) is 1. The van der Waals surface area contributed by atoms with Gasteiger partial charge in [-0.3, -0.25) is 9.80 Å². The minimum Gasteiger partial charge on any atom is -0.365 e. The van der Waals surface area contributed by atoms with Crippen LogP contribution in [0.4, 0.5) is 27.5 Å². The SMILES string of the molecule is [C-]#[N+]c1ccc(N2C(=O)N(c3ccc(Cl)cc3)C3(CCC3)C2(O)c2cccc([N+]#[C-])c2)cc1. The molecule has 7 heteroatoms. The number of amides is 2. The van der Waals surface area contributed by atoms with Gasteiger partial charge in [-0.05, 0) is 67.3 Å². The molecule has 1 N–H and O–H groups in total. The summed E-state index contributed by atoms with van der Waals surface area (Å²) >= 11 is 6.10. The van der Waals surface area contributed by atoms with Crippen LogP contribution in [0.2, 0.25) is 5.02 Å². The maximum absolute atomic E-state index is 14.0. The first-order valence-electron chi connectivity index (χ1n) is 10.5. The first-order valence-corrected chi connectivity index (χ1v) is 10.9. The van der Waals surface area contributed by atoms with Gasteiger partial charge < -0.3 is 5.11 Å². The highest BCUT2D eigenvalue weighted by Gasteiger charge is 2.70. The van der Waals surface area contributed by atoms with Crippen molar-refractivity contribution in [1.82, 2.24) is 0 Å². The summed E-state index contributed by atoms with van der Waals surface area (Å²) in [5, 5.41) is 13.1. The predicted molar refractivity (Wildman–Crippen MR) is 128 cm³/mol. The molecule has 1 unspecified atom stereocenters. The number of halogens is 1. The van der Waals surface area contributed by atoms with E-state index in [4.69, 9.17) is 24.7 Å². The molecule has 2 amide bonds. The van der Waals surface area contributed by atoms with Crippen molar-refractivity contribution in [2.75, 3.05) is 9.80 Å². The van der Waals surface area contributed by atoms with Crippen molar-refractivity contribution in [2.45, 2.75) is 30.5 Å². The molecule has 0 radical (unpaired) electrons. The van der Waals surface area contributed by atoms with E-state index in [0.717, 1.165) is 6.42 Å². The van der Waals surface area contributed by atoms with Crippen molar-refractivity contribution in [2.24, 2.45) is 0 Å². The molecule has 1 heterocycles. The molecular formula is C26H19ClN4O2. The largest absolute Gasteiger partial charge is 0.365 e. The summed E-state index contributed by atoms with van der Waals surface area (Å²) in [4.78, 5) is 24.1. The number of benzene rings is 3. The molecule has 0 aromatic heterocycles. The van der Waals surface area contributed by atoms with E-state index in [9.17, 15) is 9.90 Å². The number of rotatable bonds is 3. The Bertz CT molecular complexity index is 1320. The lowest BCUT2D eigenvalue weighted by Crippen LogP contribution is -2.63. The summed E-state index contributed by atoms with van der Waals surface area (Å²) in [6.07, 6.45) is 2.04. The number of carbonyl (C=O) groups excluding carboxylic acids is 1. The fourth-order valence-electron chi connectivity index (χ4n) is 4.98. The van der Waals surface area contributed by atoms with Crippen LogP contribution in [-0.2, 0) is 5.72 Å². The van der Waals surface area contributed by atoms with Crippen LogP contribution in [0, 0.1) is 13.1 Å². The van der Waals surface area contributed by atoms with E-state index in [0.29, 0.717) is 46.2 Å². The van der Waals surface area contributed by atoms with E-state index < -0.39 is 11.3 Å².